The van der Waals surface area contributed by atoms with Gasteiger partial charge in [-0.05, 0) is 54.8 Å². The Kier molecular flexibility index (Phi) is 4.89. The molecule has 0 spiro atoms. The predicted octanol–water partition coefficient (Wildman–Crippen LogP) is 5.30. The molecule has 25 heavy (non-hydrogen) atoms. The molecule has 0 bridgehead atoms. The number of benzene rings is 3. The first-order chi connectivity index (χ1) is 12.0. The second-order valence-corrected chi connectivity index (χ2v) is 5.80. The summed E-state index contributed by atoms with van der Waals surface area (Å²) < 4.78 is 26.8. The number of nitrogens with one attached hydrogen (secondary N) is 1. The van der Waals surface area contributed by atoms with E-state index in [-0.39, 0.29) is 11.5 Å². The van der Waals surface area contributed by atoms with Crippen LogP contribution in [0.1, 0.15) is 28.4 Å². The van der Waals surface area contributed by atoms with E-state index >= 15 is 0 Å². The molecule has 0 heterocycles. The number of carbonyl (C=O) groups excluding carboxylic acids is 1. The van der Waals surface area contributed by atoms with Crippen LogP contribution < -0.4 is 5.32 Å². The van der Waals surface area contributed by atoms with Crippen LogP contribution >= 0.6 is 0 Å². The highest BCUT2D eigenvalue weighted by Crippen LogP contribution is 2.25. The Hall–Kier alpha value is -3.01. The highest BCUT2D eigenvalue weighted by atomic mass is 19.1. The lowest BCUT2D eigenvalue weighted by Crippen LogP contribution is -2.03. The molecule has 3 aromatic rings. The van der Waals surface area contributed by atoms with Crippen molar-refractivity contribution in [2.75, 3.05) is 5.32 Å². The Morgan fingerprint density at radius 2 is 1.68 bits per heavy atom. The van der Waals surface area contributed by atoms with Gasteiger partial charge in [-0.2, -0.15) is 0 Å². The number of carbonyl (C=O) groups is 1. The minimum Gasteiger partial charge on any atom is -0.355 e. The molecule has 125 valence electrons. The Morgan fingerprint density at radius 1 is 1.00 bits per heavy atom. The largest absolute Gasteiger partial charge is 0.355 e. The van der Waals surface area contributed by atoms with Gasteiger partial charge in [-0.1, -0.05) is 30.3 Å². The maximum Gasteiger partial charge on any atom is 0.162 e. The molecular weight excluding hydrogens is 320 g/mol. The Morgan fingerprint density at radius 3 is 2.32 bits per heavy atom. The van der Waals surface area contributed by atoms with Crippen molar-refractivity contribution in [1.82, 2.24) is 0 Å². The van der Waals surface area contributed by atoms with E-state index in [0.29, 0.717) is 17.7 Å². The van der Waals surface area contributed by atoms with Crippen molar-refractivity contribution in [3.8, 4) is 0 Å². The van der Waals surface area contributed by atoms with Crippen LogP contribution in [0.2, 0.25) is 0 Å². The van der Waals surface area contributed by atoms with E-state index in [1.54, 1.807) is 6.07 Å². The summed E-state index contributed by atoms with van der Waals surface area (Å²) in [4.78, 5) is 11.8. The summed E-state index contributed by atoms with van der Waals surface area (Å²) in [6, 6.07) is 19.6. The SMILES string of the molecule is CC(=O)c1[c]cc(Cc2ccccc2)cc1Nc1cc(F)cc(F)c1. The first-order valence-corrected chi connectivity index (χ1v) is 7.84. The van der Waals surface area contributed by atoms with Gasteiger partial charge in [-0.3, -0.25) is 4.79 Å². The van der Waals surface area contributed by atoms with E-state index in [0.717, 1.165) is 17.2 Å². The molecule has 2 nitrogen and oxygen atoms in total. The van der Waals surface area contributed by atoms with Gasteiger partial charge in [0.1, 0.15) is 11.6 Å². The van der Waals surface area contributed by atoms with E-state index in [4.69, 9.17) is 0 Å². The summed E-state index contributed by atoms with van der Waals surface area (Å²) in [6.45, 7) is 1.43. The zero-order valence-electron chi connectivity index (χ0n) is 13.6. The zero-order chi connectivity index (χ0) is 17.8. The van der Waals surface area contributed by atoms with Gasteiger partial charge < -0.3 is 5.32 Å². The average molecular weight is 336 g/mol. The molecule has 0 atom stereocenters. The summed E-state index contributed by atoms with van der Waals surface area (Å²) in [5, 5.41) is 2.93. The summed E-state index contributed by atoms with van der Waals surface area (Å²) in [5.74, 6) is -1.54. The molecule has 3 rings (SSSR count). The van der Waals surface area contributed by atoms with Gasteiger partial charge in [0.2, 0.25) is 0 Å². The van der Waals surface area contributed by atoms with Crippen LogP contribution in [-0.2, 0) is 6.42 Å². The molecule has 0 saturated carbocycles. The van der Waals surface area contributed by atoms with Crippen molar-refractivity contribution in [1.29, 1.82) is 0 Å². The van der Waals surface area contributed by atoms with Gasteiger partial charge in [0, 0.05) is 17.3 Å². The van der Waals surface area contributed by atoms with Gasteiger partial charge in [-0.15, -0.1) is 0 Å². The molecule has 0 amide bonds. The van der Waals surface area contributed by atoms with Crippen LogP contribution in [0.5, 0.6) is 0 Å². The Balaban J connectivity index is 1.94. The molecule has 1 radical (unpaired) electrons. The fourth-order valence-corrected chi connectivity index (χ4v) is 2.65. The second kappa shape index (κ2) is 7.26. The Labute approximate surface area is 145 Å². The molecule has 0 aromatic heterocycles. The highest BCUT2D eigenvalue weighted by molar-refractivity contribution is 6.00. The molecule has 0 aliphatic rings. The number of ketones is 1. The van der Waals surface area contributed by atoms with E-state index in [1.165, 1.54) is 19.1 Å². The molecular formula is C21H16F2NO. The second-order valence-electron chi connectivity index (χ2n) is 5.80. The van der Waals surface area contributed by atoms with Gasteiger partial charge in [-0.25, -0.2) is 8.78 Å². The summed E-state index contributed by atoms with van der Waals surface area (Å²) in [5.41, 5.74) is 3.13. The van der Waals surface area contributed by atoms with E-state index in [1.807, 2.05) is 36.4 Å². The molecule has 3 aromatic carbocycles. The third-order valence-electron chi connectivity index (χ3n) is 3.75. The number of Topliss-reactive ketones (excluding diaryl/α,β-unsaturated/α-hetero) is 1. The summed E-state index contributed by atoms with van der Waals surface area (Å²) in [7, 11) is 0. The van der Waals surface area contributed by atoms with Crippen LogP contribution in [0.4, 0.5) is 20.2 Å². The van der Waals surface area contributed by atoms with Gasteiger partial charge in [0.15, 0.2) is 5.78 Å². The fraction of sp³-hybridized carbons (Fsp3) is 0.0952. The average Bonchev–Trinajstić information content (AvgIpc) is 2.54. The summed E-state index contributed by atoms with van der Waals surface area (Å²) >= 11 is 0. The minimum atomic E-state index is -0.684. The maximum atomic E-state index is 13.4. The summed E-state index contributed by atoms with van der Waals surface area (Å²) in [6.07, 6.45) is 0.668. The normalized spacial score (nSPS) is 10.5. The third-order valence-corrected chi connectivity index (χ3v) is 3.75. The first-order valence-electron chi connectivity index (χ1n) is 7.84. The molecule has 4 heteroatoms. The molecule has 0 unspecified atom stereocenters. The quantitative estimate of drug-likeness (QED) is 0.640. The molecule has 0 fully saturated rings. The molecule has 0 saturated heterocycles. The van der Waals surface area contributed by atoms with Crippen LogP contribution in [0, 0.1) is 17.7 Å². The maximum absolute atomic E-state index is 13.4. The number of hydrogen-bond donors (Lipinski definition) is 1. The highest BCUT2D eigenvalue weighted by Gasteiger charge is 2.11. The lowest BCUT2D eigenvalue weighted by atomic mass is 10.0. The lowest BCUT2D eigenvalue weighted by Gasteiger charge is -2.13. The van der Waals surface area contributed by atoms with Crippen LogP contribution in [0.15, 0.2) is 60.7 Å². The topological polar surface area (TPSA) is 29.1 Å². The van der Waals surface area contributed by atoms with Crippen LogP contribution in [-0.4, -0.2) is 5.78 Å². The zero-order valence-corrected chi connectivity index (χ0v) is 13.6. The van der Waals surface area contributed by atoms with E-state index < -0.39 is 11.6 Å². The molecule has 1 N–H and O–H groups in total. The third kappa shape index (κ3) is 4.29. The monoisotopic (exact) mass is 336 g/mol. The lowest BCUT2D eigenvalue weighted by molar-refractivity contribution is 0.101. The Bertz CT molecular complexity index is 887. The van der Waals surface area contributed by atoms with Crippen molar-refractivity contribution >= 4 is 17.2 Å². The number of anilines is 2. The predicted molar refractivity (Wildman–Crippen MR) is 94.2 cm³/mol. The molecule has 0 aliphatic carbocycles. The first kappa shape index (κ1) is 16.8. The van der Waals surface area contributed by atoms with Crippen molar-refractivity contribution in [2.45, 2.75) is 13.3 Å². The molecule has 0 aliphatic heterocycles. The minimum absolute atomic E-state index is 0.175. The number of halogens is 2. The van der Waals surface area contributed by atoms with E-state index in [9.17, 15) is 13.6 Å². The number of hydrogen-bond acceptors (Lipinski definition) is 2. The van der Waals surface area contributed by atoms with Crippen molar-refractivity contribution in [3.05, 3.63) is 95.1 Å². The fourth-order valence-electron chi connectivity index (χ4n) is 2.65. The van der Waals surface area contributed by atoms with Crippen molar-refractivity contribution in [3.63, 3.8) is 0 Å². The van der Waals surface area contributed by atoms with Gasteiger partial charge in [0.25, 0.3) is 0 Å². The van der Waals surface area contributed by atoms with Gasteiger partial charge in [0.05, 0.1) is 5.69 Å². The smallest absolute Gasteiger partial charge is 0.162 e. The van der Waals surface area contributed by atoms with Crippen LogP contribution in [0.3, 0.4) is 0 Å². The van der Waals surface area contributed by atoms with Crippen molar-refractivity contribution in [2.24, 2.45) is 0 Å². The van der Waals surface area contributed by atoms with Gasteiger partial charge >= 0.3 is 0 Å². The van der Waals surface area contributed by atoms with Crippen LogP contribution in [0.25, 0.3) is 0 Å². The van der Waals surface area contributed by atoms with Crippen molar-refractivity contribution < 1.29 is 13.6 Å². The standard InChI is InChI=1S/C21H16F2NO/c1-14(25)20-8-7-16(9-15-5-3-2-4-6-15)10-21(20)24-19-12-17(22)11-18(23)13-19/h2-7,10-13,24H,9H2,1H3. The van der Waals surface area contributed by atoms with E-state index in [2.05, 4.69) is 11.4 Å². The number of rotatable bonds is 5.